The molecule has 1 heterocycles. The molecule has 3 rings (SSSR count). The van der Waals surface area contributed by atoms with E-state index in [2.05, 4.69) is 11.9 Å². The first kappa shape index (κ1) is 16.7. The molecule has 2 aromatic carbocycles. The number of carbonyl (C=O) groups excluding carboxylic acids is 1. The van der Waals surface area contributed by atoms with Gasteiger partial charge in [0.1, 0.15) is 0 Å². The number of fused-ring (bicyclic) bond motifs is 1. The third-order valence-corrected chi connectivity index (χ3v) is 4.47. The number of carboxylic acids is 1. The van der Waals surface area contributed by atoms with Crippen molar-refractivity contribution in [3.8, 4) is 0 Å². The highest BCUT2D eigenvalue weighted by Gasteiger charge is 2.20. The molecule has 128 valence electrons. The molecule has 3 aromatic rings. The van der Waals surface area contributed by atoms with Crippen LogP contribution in [0, 0.1) is 10.1 Å². The number of non-ortho nitro benzene ring substituents is 1. The Hall–Kier alpha value is -3.15. The molecule has 0 aliphatic heterocycles. The average Bonchev–Trinajstić information content (AvgIpc) is 3.03. The van der Waals surface area contributed by atoms with E-state index in [4.69, 9.17) is 0 Å². The number of para-hydroxylation sites is 1. The lowest BCUT2D eigenvalue weighted by molar-refractivity contribution is -0.384. The standard InChI is InChI=1S/C19H18N2O4/c1-2-12-4-3-5-15-17(11-20-19(12)15)16(10-18(22)23)13-6-8-14(9-7-13)21(24)25/h3-9,11,16,20H,2,10H2,1H3,(H,22,23)/p-1/t16-/m0/s1. The second-order valence-corrected chi connectivity index (χ2v) is 5.91. The third-order valence-electron chi connectivity index (χ3n) is 4.47. The molecule has 0 saturated heterocycles. The van der Waals surface area contributed by atoms with Gasteiger partial charge in [0.15, 0.2) is 0 Å². The van der Waals surface area contributed by atoms with Crippen molar-refractivity contribution in [2.24, 2.45) is 0 Å². The summed E-state index contributed by atoms with van der Waals surface area (Å²) in [5, 5.41) is 23.1. The van der Waals surface area contributed by atoms with Crippen molar-refractivity contribution >= 4 is 22.6 Å². The highest BCUT2D eigenvalue weighted by atomic mass is 16.6. The molecular weight excluding hydrogens is 320 g/mol. The topological polar surface area (TPSA) is 99.1 Å². The maximum atomic E-state index is 11.3. The molecule has 1 aromatic heterocycles. The second kappa shape index (κ2) is 6.76. The fourth-order valence-electron chi connectivity index (χ4n) is 3.22. The zero-order valence-electron chi connectivity index (χ0n) is 13.7. The molecule has 0 radical (unpaired) electrons. The number of nitrogens with one attached hydrogen (secondary N) is 1. The van der Waals surface area contributed by atoms with E-state index in [-0.39, 0.29) is 12.1 Å². The number of rotatable bonds is 6. The minimum atomic E-state index is -1.16. The Bertz CT molecular complexity index is 928. The maximum Gasteiger partial charge on any atom is 0.269 e. The predicted molar refractivity (Wildman–Crippen MR) is 92.2 cm³/mol. The largest absolute Gasteiger partial charge is 0.550 e. The summed E-state index contributed by atoms with van der Waals surface area (Å²) in [5.41, 5.74) is 3.68. The van der Waals surface area contributed by atoms with Crippen molar-refractivity contribution in [2.75, 3.05) is 0 Å². The molecule has 0 amide bonds. The zero-order chi connectivity index (χ0) is 18.0. The van der Waals surface area contributed by atoms with Gasteiger partial charge in [0.05, 0.1) is 4.92 Å². The molecule has 0 fully saturated rings. The molecule has 1 N–H and O–H groups in total. The predicted octanol–water partition coefficient (Wildman–Crippen LogP) is 2.91. The first-order chi connectivity index (χ1) is 12.0. The number of carbonyl (C=O) groups is 1. The van der Waals surface area contributed by atoms with Crippen LogP contribution in [-0.2, 0) is 11.2 Å². The van der Waals surface area contributed by atoms with Crippen LogP contribution in [0.15, 0.2) is 48.7 Å². The summed E-state index contributed by atoms with van der Waals surface area (Å²) in [5.74, 6) is -1.60. The number of benzene rings is 2. The first-order valence-electron chi connectivity index (χ1n) is 8.04. The van der Waals surface area contributed by atoms with E-state index in [0.29, 0.717) is 5.56 Å². The highest BCUT2D eigenvalue weighted by Crippen LogP contribution is 2.35. The fraction of sp³-hybridized carbons (Fsp3) is 0.211. The Kier molecular flexibility index (Phi) is 4.52. The molecule has 0 saturated carbocycles. The lowest BCUT2D eigenvalue weighted by Crippen LogP contribution is -2.24. The van der Waals surface area contributed by atoms with Crippen LogP contribution in [0.2, 0.25) is 0 Å². The van der Waals surface area contributed by atoms with E-state index in [0.717, 1.165) is 28.5 Å². The number of hydrogen-bond donors (Lipinski definition) is 1. The van der Waals surface area contributed by atoms with Crippen molar-refractivity contribution in [1.82, 2.24) is 4.98 Å². The molecule has 6 nitrogen and oxygen atoms in total. The van der Waals surface area contributed by atoms with E-state index in [1.807, 2.05) is 24.4 Å². The van der Waals surface area contributed by atoms with Gasteiger partial charge in [-0.15, -0.1) is 0 Å². The maximum absolute atomic E-state index is 11.3. The Morgan fingerprint density at radius 1 is 1.20 bits per heavy atom. The molecule has 25 heavy (non-hydrogen) atoms. The van der Waals surface area contributed by atoms with Gasteiger partial charge < -0.3 is 14.9 Å². The molecule has 0 spiro atoms. The third kappa shape index (κ3) is 3.24. The van der Waals surface area contributed by atoms with E-state index in [1.54, 1.807) is 12.1 Å². The minimum Gasteiger partial charge on any atom is -0.550 e. The molecular formula is C19H17N2O4-. The van der Waals surface area contributed by atoms with Crippen LogP contribution < -0.4 is 5.11 Å². The number of aliphatic carboxylic acids is 1. The Labute approximate surface area is 144 Å². The number of carboxylic acid groups (broad SMARTS) is 1. The number of H-pyrrole nitrogens is 1. The molecule has 0 unspecified atom stereocenters. The number of nitro groups is 1. The van der Waals surface area contributed by atoms with Crippen LogP contribution in [0.25, 0.3) is 10.9 Å². The molecule has 0 aliphatic carbocycles. The first-order valence-corrected chi connectivity index (χ1v) is 8.04. The number of aryl methyl sites for hydroxylation is 1. The molecule has 6 heteroatoms. The van der Waals surface area contributed by atoms with Gasteiger partial charge in [-0.3, -0.25) is 10.1 Å². The van der Waals surface area contributed by atoms with Crippen LogP contribution in [0.4, 0.5) is 5.69 Å². The Morgan fingerprint density at radius 2 is 1.92 bits per heavy atom. The van der Waals surface area contributed by atoms with Crippen molar-refractivity contribution in [3.05, 3.63) is 75.5 Å². The van der Waals surface area contributed by atoms with E-state index >= 15 is 0 Å². The van der Waals surface area contributed by atoms with Crippen molar-refractivity contribution in [3.63, 3.8) is 0 Å². The van der Waals surface area contributed by atoms with Crippen LogP contribution in [0.5, 0.6) is 0 Å². The van der Waals surface area contributed by atoms with Gasteiger partial charge in [0.25, 0.3) is 5.69 Å². The van der Waals surface area contributed by atoms with Crippen LogP contribution in [0.3, 0.4) is 0 Å². The van der Waals surface area contributed by atoms with Crippen molar-refractivity contribution in [1.29, 1.82) is 0 Å². The summed E-state index contributed by atoms with van der Waals surface area (Å²) in [6.07, 6.45) is 2.49. The van der Waals surface area contributed by atoms with Gasteiger partial charge in [0.2, 0.25) is 0 Å². The number of hydrogen-bond acceptors (Lipinski definition) is 4. The summed E-state index contributed by atoms with van der Waals surface area (Å²) >= 11 is 0. The smallest absolute Gasteiger partial charge is 0.269 e. The summed E-state index contributed by atoms with van der Waals surface area (Å²) < 4.78 is 0. The van der Waals surface area contributed by atoms with Gasteiger partial charge in [-0.2, -0.15) is 0 Å². The molecule has 0 aliphatic rings. The van der Waals surface area contributed by atoms with Crippen molar-refractivity contribution < 1.29 is 14.8 Å². The monoisotopic (exact) mass is 337 g/mol. The van der Waals surface area contributed by atoms with E-state index in [9.17, 15) is 20.0 Å². The van der Waals surface area contributed by atoms with Crippen LogP contribution in [-0.4, -0.2) is 15.9 Å². The SMILES string of the molecule is CCc1cccc2c([C@@H](CC(=O)[O-])c3ccc([N+](=O)[O-])cc3)c[nH]c12. The molecule has 0 bridgehead atoms. The second-order valence-electron chi connectivity index (χ2n) is 5.91. The minimum absolute atomic E-state index is 0.0249. The normalized spacial score (nSPS) is 12.2. The lowest BCUT2D eigenvalue weighted by atomic mass is 9.88. The van der Waals surface area contributed by atoms with E-state index in [1.165, 1.54) is 12.1 Å². The van der Waals surface area contributed by atoms with Gasteiger partial charge in [-0.1, -0.05) is 37.3 Å². The number of nitrogens with zero attached hydrogens (tertiary/aromatic N) is 1. The highest BCUT2D eigenvalue weighted by molar-refractivity contribution is 5.87. The van der Waals surface area contributed by atoms with Gasteiger partial charge >= 0.3 is 0 Å². The number of aromatic amines is 1. The summed E-state index contributed by atoms with van der Waals surface area (Å²) in [6, 6.07) is 11.9. The Morgan fingerprint density at radius 3 is 2.52 bits per heavy atom. The summed E-state index contributed by atoms with van der Waals surface area (Å²) in [6.45, 7) is 2.06. The number of aromatic nitrogens is 1. The molecule has 1 atom stereocenters. The summed E-state index contributed by atoms with van der Waals surface area (Å²) in [7, 11) is 0. The van der Waals surface area contributed by atoms with Crippen LogP contribution >= 0.6 is 0 Å². The van der Waals surface area contributed by atoms with Gasteiger partial charge in [0, 0.05) is 41.1 Å². The van der Waals surface area contributed by atoms with Gasteiger partial charge in [-0.05, 0) is 29.5 Å². The van der Waals surface area contributed by atoms with Crippen molar-refractivity contribution in [2.45, 2.75) is 25.7 Å². The fourth-order valence-corrected chi connectivity index (χ4v) is 3.22. The van der Waals surface area contributed by atoms with E-state index < -0.39 is 16.8 Å². The average molecular weight is 337 g/mol. The van der Waals surface area contributed by atoms with Gasteiger partial charge in [-0.25, -0.2) is 0 Å². The Balaban J connectivity index is 2.10. The lowest BCUT2D eigenvalue weighted by Gasteiger charge is -2.18. The number of nitro benzene ring substituents is 1. The van der Waals surface area contributed by atoms with Crippen LogP contribution in [0.1, 0.15) is 36.0 Å². The zero-order valence-corrected chi connectivity index (χ0v) is 13.7. The quantitative estimate of drug-likeness (QED) is 0.552. The summed E-state index contributed by atoms with van der Waals surface area (Å²) in [4.78, 5) is 24.9.